The van der Waals surface area contributed by atoms with E-state index in [1.54, 1.807) is 0 Å². The van der Waals surface area contributed by atoms with E-state index >= 15 is 0 Å². The van der Waals surface area contributed by atoms with E-state index in [4.69, 9.17) is 10.2 Å². The van der Waals surface area contributed by atoms with Gasteiger partial charge >= 0.3 is 5.97 Å². The van der Waals surface area contributed by atoms with Crippen molar-refractivity contribution in [3.8, 4) is 0 Å². The van der Waals surface area contributed by atoms with Crippen LogP contribution in [0.3, 0.4) is 0 Å². The SMILES string of the molecule is CC(=O)Nc1ccc(S(N)(=O)=O)cc1C(=O)O. The molecule has 0 aromatic heterocycles. The number of amides is 1. The van der Waals surface area contributed by atoms with E-state index in [0.29, 0.717) is 0 Å². The molecule has 0 aliphatic carbocycles. The Morgan fingerprint density at radius 1 is 1.35 bits per heavy atom. The largest absolute Gasteiger partial charge is 0.478 e. The highest BCUT2D eigenvalue weighted by Crippen LogP contribution is 2.19. The lowest BCUT2D eigenvalue weighted by molar-refractivity contribution is -0.114. The topological polar surface area (TPSA) is 127 Å². The van der Waals surface area contributed by atoms with Crippen LogP contribution in [0.25, 0.3) is 0 Å². The fourth-order valence-corrected chi connectivity index (χ4v) is 1.72. The Morgan fingerprint density at radius 3 is 2.35 bits per heavy atom. The molecule has 7 nitrogen and oxygen atoms in total. The highest BCUT2D eigenvalue weighted by molar-refractivity contribution is 7.89. The molecule has 0 spiro atoms. The number of primary sulfonamides is 1. The van der Waals surface area contributed by atoms with Crippen LogP contribution in [0.2, 0.25) is 0 Å². The molecule has 8 heteroatoms. The normalized spacial score (nSPS) is 10.9. The third-order valence-corrected chi connectivity index (χ3v) is 2.77. The van der Waals surface area contributed by atoms with E-state index in [1.807, 2.05) is 0 Å². The van der Waals surface area contributed by atoms with Crippen molar-refractivity contribution in [1.82, 2.24) is 0 Å². The first-order chi connectivity index (χ1) is 7.71. The van der Waals surface area contributed by atoms with Crippen molar-refractivity contribution >= 4 is 27.6 Å². The van der Waals surface area contributed by atoms with Gasteiger partial charge in [0.05, 0.1) is 16.1 Å². The number of aromatic carboxylic acids is 1. The summed E-state index contributed by atoms with van der Waals surface area (Å²) < 4.78 is 22.1. The molecule has 0 heterocycles. The zero-order valence-electron chi connectivity index (χ0n) is 8.80. The molecular formula is C9H10N2O5S. The molecule has 1 rings (SSSR count). The summed E-state index contributed by atoms with van der Waals surface area (Å²) >= 11 is 0. The fourth-order valence-electron chi connectivity index (χ4n) is 1.18. The maximum atomic E-state index is 11.0. The Labute approximate surface area is 97.3 Å². The van der Waals surface area contributed by atoms with Gasteiger partial charge in [0, 0.05) is 6.92 Å². The number of hydrogen-bond donors (Lipinski definition) is 3. The molecule has 1 aromatic rings. The van der Waals surface area contributed by atoms with Crippen LogP contribution < -0.4 is 10.5 Å². The number of carboxylic acids is 1. The summed E-state index contributed by atoms with van der Waals surface area (Å²) in [6.07, 6.45) is 0. The fraction of sp³-hybridized carbons (Fsp3) is 0.111. The molecule has 0 atom stereocenters. The minimum Gasteiger partial charge on any atom is -0.478 e. The number of sulfonamides is 1. The lowest BCUT2D eigenvalue weighted by Crippen LogP contribution is -2.15. The van der Waals surface area contributed by atoms with Gasteiger partial charge in [0.25, 0.3) is 0 Å². The van der Waals surface area contributed by atoms with E-state index in [9.17, 15) is 18.0 Å². The molecule has 0 bridgehead atoms. The lowest BCUT2D eigenvalue weighted by atomic mass is 10.2. The number of nitrogens with two attached hydrogens (primary N) is 1. The summed E-state index contributed by atoms with van der Waals surface area (Å²) in [6, 6.07) is 3.18. The van der Waals surface area contributed by atoms with Crippen molar-refractivity contribution < 1.29 is 23.1 Å². The number of anilines is 1. The summed E-state index contributed by atoms with van der Waals surface area (Å²) in [5.74, 6) is -1.82. The summed E-state index contributed by atoms with van der Waals surface area (Å²) in [4.78, 5) is 21.4. The highest BCUT2D eigenvalue weighted by atomic mass is 32.2. The summed E-state index contributed by atoms with van der Waals surface area (Å²) in [5.41, 5.74) is -0.330. The minimum absolute atomic E-state index is 0.0115. The van der Waals surface area contributed by atoms with Crippen LogP contribution in [-0.2, 0) is 14.8 Å². The van der Waals surface area contributed by atoms with Crippen LogP contribution in [0.1, 0.15) is 17.3 Å². The van der Waals surface area contributed by atoms with Gasteiger partial charge in [-0.3, -0.25) is 4.79 Å². The Bertz CT molecular complexity index is 579. The molecule has 92 valence electrons. The second kappa shape index (κ2) is 4.52. The van der Waals surface area contributed by atoms with Gasteiger partial charge in [0.2, 0.25) is 15.9 Å². The Morgan fingerprint density at radius 2 is 1.94 bits per heavy atom. The van der Waals surface area contributed by atoms with Gasteiger partial charge in [-0.15, -0.1) is 0 Å². The van der Waals surface area contributed by atoms with E-state index in [2.05, 4.69) is 5.32 Å². The van der Waals surface area contributed by atoms with Crippen molar-refractivity contribution in [3.63, 3.8) is 0 Å². The maximum Gasteiger partial charge on any atom is 0.337 e. The number of carbonyl (C=O) groups is 2. The molecule has 4 N–H and O–H groups in total. The van der Waals surface area contributed by atoms with Crippen molar-refractivity contribution in [2.45, 2.75) is 11.8 Å². The van der Waals surface area contributed by atoms with Gasteiger partial charge in [-0.1, -0.05) is 0 Å². The molecule has 0 unspecified atom stereocenters. The van der Waals surface area contributed by atoms with Gasteiger partial charge in [0.15, 0.2) is 0 Å². The standard InChI is InChI=1S/C9H10N2O5S/c1-5(12)11-8-3-2-6(17(10,15)16)4-7(8)9(13)14/h2-4H,1H3,(H,11,12)(H,13,14)(H2,10,15,16). The van der Waals surface area contributed by atoms with E-state index in [0.717, 1.165) is 12.1 Å². The average molecular weight is 258 g/mol. The zero-order valence-corrected chi connectivity index (χ0v) is 9.61. The predicted molar refractivity (Wildman–Crippen MR) is 59.1 cm³/mol. The quantitative estimate of drug-likeness (QED) is 0.702. The number of carbonyl (C=O) groups excluding carboxylic acids is 1. The molecular weight excluding hydrogens is 248 g/mol. The van der Waals surface area contributed by atoms with E-state index in [1.165, 1.54) is 13.0 Å². The van der Waals surface area contributed by atoms with Crippen molar-refractivity contribution in [1.29, 1.82) is 0 Å². The molecule has 17 heavy (non-hydrogen) atoms. The van der Waals surface area contributed by atoms with Crippen molar-refractivity contribution in [3.05, 3.63) is 23.8 Å². The number of carboxylic acid groups (broad SMARTS) is 1. The molecule has 1 amide bonds. The van der Waals surface area contributed by atoms with Crippen LogP contribution in [0, 0.1) is 0 Å². The molecule has 0 aliphatic rings. The summed E-state index contributed by atoms with van der Waals surface area (Å²) in [6.45, 7) is 1.21. The summed E-state index contributed by atoms with van der Waals surface area (Å²) in [5, 5.41) is 16.0. The van der Waals surface area contributed by atoms with E-state index in [-0.39, 0.29) is 16.1 Å². The number of benzene rings is 1. The van der Waals surface area contributed by atoms with Gasteiger partial charge in [-0.05, 0) is 18.2 Å². The molecule has 0 saturated heterocycles. The number of hydrogen-bond acceptors (Lipinski definition) is 4. The van der Waals surface area contributed by atoms with Crippen molar-refractivity contribution in [2.24, 2.45) is 5.14 Å². The van der Waals surface area contributed by atoms with Gasteiger partial charge < -0.3 is 10.4 Å². The average Bonchev–Trinajstić information content (AvgIpc) is 2.15. The molecule has 0 radical (unpaired) electrons. The third kappa shape index (κ3) is 3.26. The van der Waals surface area contributed by atoms with Gasteiger partial charge in [0.1, 0.15) is 0 Å². The maximum absolute atomic E-state index is 11.0. The van der Waals surface area contributed by atoms with Crippen LogP contribution in [0.5, 0.6) is 0 Å². The minimum atomic E-state index is -3.98. The predicted octanol–water partition coefficient (Wildman–Crippen LogP) is -0.00940. The van der Waals surface area contributed by atoms with Crippen LogP contribution >= 0.6 is 0 Å². The first-order valence-corrected chi connectivity index (χ1v) is 5.94. The zero-order chi connectivity index (χ0) is 13.2. The van der Waals surface area contributed by atoms with Crippen LogP contribution in [0.4, 0.5) is 5.69 Å². The van der Waals surface area contributed by atoms with Crippen LogP contribution in [0.15, 0.2) is 23.1 Å². The van der Waals surface area contributed by atoms with Gasteiger partial charge in [-0.25, -0.2) is 18.4 Å². The van der Waals surface area contributed by atoms with Crippen LogP contribution in [-0.4, -0.2) is 25.4 Å². The molecule has 0 aliphatic heterocycles. The Hall–Kier alpha value is -1.93. The van der Waals surface area contributed by atoms with Crippen molar-refractivity contribution in [2.75, 3.05) is 5.32 Å². The van der Waals surface area contributed by atoms with Gasteiger partial charge in [-0.2, -0.15) is 0 Å². The summed E-state index contributed by atoms with van der Waals surface area (Å²) in [7, 11) is -3.98. The molecule has 0 fully saturated rings. The smallest absolute Gasteiger partial charge is 0.337 e. The third-order valence-electron chi connectivity index (χ3n) is 1.86. The number of nitrogens with one attached hydrogen (secondary N) is 1. The second-order valence-electron chi connectivity index (χ2n) is 3.24. The second-order valence-corrected chi connectivity index (χ2v) is 4.80. The highest BCUT2D eigenvalue weighted by Gasteiger charge is 2.16. The lowest BCUT2D eigenvalue weighted by Gasteiger charge is -2.07. The Kier molecular flexibility index (Phi) is 3.49. The molecule has 0 saturated carbocycles. The first-order valence-electron chi connectivity index (χ1n) is 4.39. The number of rotatable bonds is 3. The Balaban J connectivity index is 3.37. The first kappa shape index (κ1) is 13.1. The monoisotopic (exact) mass is 258 g/mol. The van der Waals surface area contributed by atoms with E-state index < -0.39 is 21.9 Å². The molecule has 1 aromatic carbocycles.